The van der Waals surface area contributed by atoms with Gasteiger partial charge in [-0.1, -0.05) is 17.7 Å². The predicted molar refractivity (Wildman–Crippen MR) is 85.3 cm³/mol. The first-order valence-corrected chi connectivity index (χ1v) is 7.32. The van der Waals surface area contributed by atoms with Gasteiger partial charge in [0.05, 0.1) is 7.11 Å². The maximum Gasteiger partial charge on any atom is 0.124 e. The van der Waals surface area contributed by atoms with Crippen molar-refractivity contribution in [3.05, 3.63) is 53.1 Å². The molecule has 3 rings (SSSR count). The molecule has 1 heterocycles. The minimum absolute atomic E-state index is 0.255. The Bertz CT molecular complexity index is 634. The number of nitrogens with one attached hydrogen (secondary N) is 1. The second kappa shape index (κ2) is 5.68. The van der Waals surface area contributed by atoms with Gasteiger partial charge in [-0.2, -0.15) is 0 Å². The summed E-state index contributed by atoms with van der Waals surface area (Å²) in [6, 6.07) is 12.6. The molecule has 0 aliphatic carbocycles. The number of benzene rings is 2. The fourth-order valence-corrected chi connectivity index (χ4v) is 2.68. The Morgan fingerprint density at radius 3 is 2.71 bits per heavy atom. The summed E-state index contributed by atoms with van der Waals surface area (Å²) in [5.41, 5.74) is 4.72. The number of anilines is 1. The summed E-state index contributed by atoms with van der Waals surface area (Å²) in [5, 5.41) is 3.43. The summed E-state index contributed by atoms with van der Waals surface area (Å²) in [5.74, 6) is 1.91. The summed E-state index contributed by atoms with van der Waals surface area (Å²) in [6.45, 7) is 4.90. The van der Waals surface area contributed by atoms with Crippen LogP contribution in [0.1, 0.15) is 23.6 Å². The molecule has 3 nitrogen and oxygen atoms in total. The minimum Gasteiger partial charge on any atom is -0.496 e. The summed E-state index contributed by atoms with van der Waals surface area (Å²) in [4.78, 5) is 0. The zero-order valence-electron chi connectivity index (χ0n) is 12.8. The van der Waals surface area contributed by atoms with Crippen molar-refractivity contribution in [1.82, 2.24) is 0 Å². The highest BCUT2D eigenvalue weighted by atomic mass is 16.5. The molecule has 2 aromatic rings. The Balaban J connectivity index is 1.78. The number of aryl methyl sites for hydroxylation is 1. The predicted octanol–water partition coefficient (Wildman–Crippen LogP) is 3.94. The van der Waals surface area contributed by atoms with E-state index in [1.54, 1.807) is 7.11 Å². The molecule has 0 aromatic heterocycles. The van der Waals surface area contributed by atoms with E-state index in [0.29, 0.717) is 0 Å². The van der Waals surface area contributed by atoms with E-state index in [0.717, 1.165) is 35.7 Å². The van der Waals surface area contributed by atoms with Crippen molar-refractivity contribution < 1.29 is 9.47 Å². The van der Waals surface area contributed by atoms with E-state index in [4.69, 9.17) is 9.47 Å². The van der Waals surface area contributed by atoms with Gasteiger partial charge in [0.25, 0.3) is 0 Å². The van der Waals surface area contributed by atoms with E-state index in [1.807, 2.05) is 0 Å². The zero-order valence-corrected chi connectivity index (χ0v) is 12.8. The van der Waals surface area contributed by atoms with Gasteiger partial charge in [-0.15, -0.1) is 0 Å². The van der Waals surface area contributed by atoms with Crippen molar-refractivity contribution in [1.29, 1.82) is 0 Å². The summed E-state index contributed by atoms with van der Waals surface area (Å²) in [7, 11) is 1.72. The Kier molecular flexibility index (Phi) is 3.74. The van der Waals surface area contributed by atoms with E-state index in [-0.39, 0.29) is 6.10 Å². The van der Waals surface area contributed by atoms with Crippen LogP contribution in [0.4, 0.5) is 5.69 Å². The molecule has 0 saturated heterocycles. The lowest BCUT2D eigenvalue weighted by Gasteiger charge is -2.13. The van der Waals surface area contributed by atoms with Gasteiger partial charge >= 0.3 is 0 Å². The van der Waals surface area contributed by atoms with E-state index < -0.39 is 0 Å². The van der Waals surface area contributed by atoms with Crippen LogP contribution in [0.2, 0.25) is 0 Å². The molecule has 110 valence electrons. The second-order valence-electron chi connectivity index (χ2n) is 5.62. The molecule has 0 spiro atoms. The average Bonchev–Trinajstić information content (AvgIpc) is 2.84. The molecule has 1 atom stereocenters. The lowest BCUT2D eigenvalue weighted by atomic mass is 10.1. The molecule has 1 aliphatic heterocycles. The van der Waals surface area contributed by atoms with Crippen molar-refractivity contribution in [2.24, 2.45) is 0 Å². The summed E-state index contributed by atoms with van der Waals surface area (Å²) < 4.78 is 11.3. The first-order chi connectivity index (χ1) is 10.2. The van der Waals surface area contributed by atoms with Crippen molar-refractivity contribution >= 4 is 5.69 Å². The van der Waals surface area contributed by atoms with Gasteiger partial charge < -0.3 is 14.8 Å². The molecule has 2 aromatic carbocycles. The second-order valence-corrected chi connectivity index (χ2v) is 5.62. The van der Waals surface area contributed by atoms with E-state index in [1.165, 1.54) is 11.1 Å². The average molecular weight is 283 g/mol. The van der Waals surface area contributed by atoms with Crippen LogP contribution in [-0.2, 0) is 13.0 Å². The van der Waals surface area contributed by atoms with E-state index >= 15 is 0 Å². The zero-order chi connectivity index (χ0) is 14.8. The highest BCUT2D eigenvalue weighted by molar-refractivity contribution is 5.51. The van der Waals surface area contributed by atoms with Crippen LogP contribution in [0.15, 0.2) is 36.4 Å². The minimum atomic E-state index is 0.255. The van der Waals surface area contributed by atoms with Crippen molar-refractivity contribution in [3.8, 4) is 11.5 Å². The molecule has 1 unspecified atom stereocenters. The first kappa shape index (κ1) is 13.8. The third-order valence-electron chi connectivity index (χ3n) is 3.83. The monoisotopic (exact) mass is 283 g/mol. The van der Waals surface area contributed by atoms with Gasteiger partial charge in [0.15, 0.2) is 0 Å². The third-order valence-corrected chi connectivity index (χ3v) is 3.83. The number of rotatable bonds is 4. The molecular formula is C18H21NO2. The summed E-state index contributed by atoms with van der Waals surface area (Å²) in [6.07, 6.45) is 1.21. The highest BCUT2D eigenvalue weighted by Crippen LogP contribution is 2.35. The van der Waals surface area contributed by atoms with Gasteiger partial charge in [-0.25, -0.2) is 0 Å². The van der Waals surface area contributed by atoms with Crippen LogP contribution in [0.3, 0.4) is 0 Å². The Labute approximate surface area is 125 Å². The highest BCUT2D eigenvalue weighted by Gasteiger charge is 2.21. The quantitative estimate of drug-likeness (QED) is 0.922. The standard InChI is InChI=1S/C18H21NO2/c1-12-4-6-16(7-5-12)19-11-15-10-18-14(8-13(2)21-18)9-17(15)20-3/h4-7,9-10,13,19H,8,11H2,1-3H3. The van der Waals surface area contributed by atoms with Gasteiger partial charge in [0.2, 0.25) is 0 Å². The molecule has 3 heteroatoms. The molecule has 1 aliphatic rings. The van der Waals surface area contributed by atoms with Crippen molar-refractivity contribution in [3.63, 3.8) is 0 Å². The molecule has 0 radical (unpaired) electrons. The smallest absolute Gasteiger partial charge is 0.124 e. The Hall–Kier alpha value is -2.16. The number of hydrogen-bond donors (Lipinski definition) is 1. The molecule has 1 N–H and O–H groups in total. The Morgan fingerprint density at radius 1 is 1.24 bits per heavy atom. The number of methoxy groups -OCH3 is 1. The van der Waals surface area contributed by atoms with Crippen LogP contribution in [0.5, 0.6) is 11.5 Å². The largest absolute Gasteiger partial charge is 0.496 e. The maximum absolute atomic E-state index is 5.83. The van der Waals surface area contributed by atoms with Crippen LogP contribution in [-0.4, -0.2) is 13.2 Å². The fourth-order valence-electron chi connectivity index (χ4n) is 2.68. The lowest BCUT2D eigenvalue weighted by molar-refractivity contribution is 0.254. The molecule has 0 bridgehead atoms. The molecular weight excluding hydrogens is 262 g/mol. The molecule has 0 saturated carbocycles. The van der Waals surface area contributed by atoms with Gasteiger partial charge in [0, 0.05) is 29.8 Å². The fraction of sp³-hybridized carbons (Fsp3) is 0.333. The maximum atomic E-state index is 5.83. The number of hydrogen-bond acceptors (Lipinski definition) is 3. The first-order valence-electron chi connectivity index (χ1n) is 7.32. The van der Waals surface area contributed by atoms with Crippen LogP contribution < -0.4 is 14.8 Å². The van der Waals surface area contributed by atoms with Crippen LogP contribution in [0, 0.1) is 6.92 Å². The van der Waals surface area contributed by atoms with Gasteiger partial charge in [0.1, 0.15) is 17.6 Å². The molecule has 0 fully saturated rings. The van der Waals surface area contributed by atoms with Gasteiger partial charge in [-0.3, -0.25) is 0 Å². The molecule has 21 heavy (non-hydrogen) atoms. The number of fused-ring (bicyclic) bond motifs is 1. The van der Waals surface area contributed by atoms with Crippen LogP contribution >= 0.6 is 0 Å². The summed E-state index contributed by atoms with van der Waals surface area (Å²) >= 11 is 0. The Morgan fingerprint density at radius 2 is 2.00 bits per heavy atom. The normalized spacial score (nSPS) is 16.2. The molecule has 0 amide bonds. The van der Waals surface area contributed by atoms with E-state index in [9.17, 15) is 0 Å². The van der Waals surface area contributed by atoms with Crippen molar-refractivity contribution in [2.75, 3.05) is 12.4 Å². The van der Waals surface area contributed by atoms with Crippen LogP contribution in [0.25, 0.3) is 0 Å². The third kappa shape index (κ3) is 2.97. The SMILES string of the molecule is COc1cc2c(cc1CNc1ccc(C)cc1)OC(C)C2. The lowest BCUT2D eigenvalue weighted by Crippen LogP contribution is -2.05. The van der Waals surface area contributed by atoms with Gasteiger partial charge in [-0.05, 0) is 38.1 Å². The number of ether oxygens (including phenoxy) is 2. The topological polar surface area (TPSA) is 30.5 Å². The van der Waals surface area contributed by atoms with Crippen molar-refractivity contribution in [2.45, 2.75) is 32.9 Å². The van der Waals surface area contributed by atoms with E-state index in [2.05, 4.69) is 55.6 Å².